The maximum absolute atomic E-state index is 4.62. The molecular formula is C14H18N4S2. The predicted molar refractivity (Wildman–Crippen MR) is 90.3 cm³/mol. The van der Waals surface area contributed by atoms with Crippen LogP contribution in [0.5, 0.6) is 0 Å². The van der Waals surface area contributed by atoms with Crippen molar-refractivity contribution in [1.82, 2.24) is 9.97 Å². The van der Waals surface area contributed by atoms with Crippen LogP contribution in [-0.2, 0) is 0 Å². The molecule has 2 heterocycles. The molecule has 0 saturated heterocycles. The topological polar surface area (TPSA) is 49.8 Å². The van der Waals surface area contributed by atoms with Gasteiger partial charge in [-0.1, -0.05) is 22.7 Å². The maximum Gasteiger partial charge on any atom is 0.183 e. The van der Waals surface area contributed by atoms with Crippen LogP contribution in [0.2, 0.25) is 0 Å². The molecule has 3 aromatic rings. The van der Waals surface area contributed by atoms with E-state index in [1.165, 1.54) is 9.40 Å². The van der Waals surface area contributed by atoms with Gasteiger partial charge < -0.3 is 10.6 Å². The van der Waals surface area contributed by atoms with E-state index >= 15 is 0 Å². The first-order chi connectivity index (χ1) is 9.51. The molecule has 0 unspecified atom stereocenters. The number of nitrogens with zero attached hydrogens (tertiary/aromatic N) is 2. The lowest BCUT2D eigenvalue weighted by Gasteiger charge is -2.03. The van der Waals surface area contributed by atoms with Crippen LogP contribution in [0.1, 0.15) is 27.7 Å². The fourth-order valence-electron chi connectivity index (χ4n) is 1.97. The van der Waals surface area contributed by atoms with Gasteiger partial charge in [-0.25, -0.2) is 9.97 Å². The third-order valence-corrected chi connectivity index (χ3v) is 4.62. The second-order valence-corrected chi connectivity index (χ2v) is 7.49. The molecule has 20 heavy (non-hydrogen) atoms. The van der Waals surface area contributed by atoms with Crippen molar-refractivity contribution in [2.45, 2.75) is 39.8 Å². The third kappa shape index (κ3) is 2.71. The zero-order chi connectivity index (χ0) is 14.3. The van der Waals surface area contributed by atoms with Gasteiger partial charge in [0.05, 0.1) is 20.4 Å². The van der Waals surface area contributed by atoms with E-state index in [1.807, 2.05) is 0 Å². The first-order valence-corrected chi connectivity index (χ1v) is 8.39. The van der Waals surface area contributed by atoms with E-state index in [4.69, 9.17) is 0 Å². The van der Waals surface area contributed by atoms with Gasteiger partial charge >= 0.3 is 0 Å². The molecule has 2 N–H and O–H groups in total. The molecule has 3 rings (SSSR count). The molecule has 0 spiro atoms. The van der Waals surface area contributed by atoms with E-state index < -0.39 is 0 Å². The molecule has 0 amide bonds. The average molecular weight is 306 g/mol. The lowest BCUT2D eigenvalue weighted by atomic mass is 10.3. The highest BCUT2D eigenvalue weighted by atomic mass is 32.1. The molecule has 106 valence electrons. The van der Waals surface area contributed by atoms with Crippen LogP contribution in [0.15, 0.2) is 12.1 Å². The molecule has 0 radical (unpaired) electrons. The van der Waals surface area contributed by atoms with Gasteiger partial charge in [-0.3, -0.25) is 0 Å². The van der Waals surface area contributed by atoms with E-state index in [1.54, 1.807) is 22.7 Å². The lowest BCUT2D eigenvalue weighted by molar-refractivity contribution is 0.897. The van der Waals surface area contributed by atoms with Crippen molar-refractivity contribution < 1.29 is 0 Å². The number of anilines is 2. The molecule has 0 fully saturated rings. The molecule has 0 atom stereocenters. The van der Waals surface area contributed by atoms with Gasteiger partial charge in [0.15, 0.2) is 10.3 Å². The van der Waals surface area contributed by atoms with Crippen LogP contribution in [0.3, 0.4) is 0 Å². The van der Waals surface area contributed by atoms with Crippen LogP contribution in [0, 0.1) is 0 Å². The zero-order valence-corrected chi connectivity index (χ0v) is 13.7. The van der Waals surface area contributed by atoms with Crippen molar-refractivity contribution in [3.63, 3.8) is 0 Å². The molecule has 0 aliphatic rings. The minimum absolute atomic E-state index is 0.400. The number of fused-ring (bicyclic) bond motifs is 2. The quantitative estimate of drug-likeness (QED) is 0.742. The summed E-state index contributed by atoms with van der Waals surface area (Å²) in [7, 11) is 0. The number of nitrogens with one attached hydrogen (secondary N) is 2. The zero-order valence-electron chi connectivity index (χ0n) is 12.0. The van der Waals surface area contributed by atoms with Gasteiger partial charge in [0.1, 0.15) is 0 Å². The summed E-state index contributed by atoms with van der Waals surface area (Å²) in [5, 5.41) is 8.67. The van der Waals surface area contributed by atoms with Crippen LogP contribution < -0.4 is 10.6 Å². The van der Waals surface area contributed by atoms with Crippen LogP contribution in [0.4, 0.5) is 10.3 Å². The Morgan fingerprint density at radius 2 is 1.25 bits per heavy atom. The van der Waals surface area contributed by atoms with Crippen molar-refractivity contribution in [3.05, 3.63) is 12.1 Å². The smallest absolute Gasteiger partial charge is 0.183 e. The summed E-state index contributed by atoms with van der Waals surface area (Å²) < 4.78 is 2.42. The molecule has 0 aliphatic heterocycles. The summed E-state index contributed by atoms with van der Waals surface area (Å²) in [6.07, 6.45) is 0. The average Bonchev–Trinajstić information content (AvgIpc) is 2.84. The Labute approximate surface area is 126 Å². The minimum Gasteiger partial charge on any atom is -0.359 e. The number of thiazole rings is 2. The van der Waals surface area contributed by atoms with E-state index in [-0.39, 0.29) is 0 Å². The summed E-state index contributed by atoms with van der Waals surface area (Å²) in [6.45, 7) is 8.48. The molecule has 0 saturated carbocycles. The van der Waals surface area contributed by atoms with E-state index in [9.17, 15) is 0 Å². The first-order valence-electron chi connectivity index (χ1n) is 6.75. The van der Waals surface area contributed by atoms with Crippen molar-refractivity contribution in [2.24, 2.45) is 0 Å². The molecule has 4 nitrogen and oxygen atoms in total. The fourth-order valence-corrected chi connectivity index (χ4v) is 4.11. The first kappa shape index (κ1) is 13.6. The molecule has 2 aromatic heterocycles. The number of benzene rings is 1. The molecule has 0 aliphatic carbocycles. The Morgan fingerprint density at radius 3 is 1.65 bits per heavy atom. The second kappa shape index (κ2) is 5.18. The Kier molecular flexibility index (Phi) is 3.52. The van der Waals surface area contributed by atoms with Gasteiger partial charge in [0, 0.05) is 12.1 Å². The Bertz CT molecular complexity index is 631. The van der Waals surface area contributed by atoms with Crippen LogP contribution in [-0.4, -0.2) is 22.1 Å². The summed E-state index contributed by atoms with van der Waals surface area (Å²) in [4.78, 5) is 9.25. The predicted octanol–water partition coefficient (Wildman–Crippen LogP) is 4.55. The van der Waals surface area contributed by atoms with Crippen molar-refractivity contribution >= 4 is 53.4 Å². The van der Waals surface area contributed by atoms with Gasteiger partial charge in [-0.2, -0.15) is 0 Å². The molecule has 6 heteroatoms. The summed E-state index contributed by atoms with van der Waals surface area (Å²) in [6, 6.07) is 5.07. The normalized spacial score (nSPS) is 11.9. The van der Waals surface area contributed by atoms with E-state index in [0.29, 0.717) is 12.1 Å². The standard InChI is InChI=1S/C14H18N4S2/c1-7(2)15-13-17-9-5-10-12(6-11(9)19-13)20-14(18-10)16-8(3)4/h5-8H,1-4H3,(H,15,17)(H,16,18). The van der Waals surface area contributed by atoms with Gasteiger partial charge in [-0.15, -0.1) is 0 Å². The lowest BCUT2D eigenvalue weighted by Crippen LogP contribution is -2.08. The molecule has 0 bridgehead atoms. The highest BCUT2D eigenvalue weighted by Crippen LogP contribution is 2.34. The second-order valence-electron chi connectivity index (χ2n) is 5.42. The van der Waals surface area contributed by atoms with Crippen LogP contribution in [0.25, 0.3) is 20.4 Å². The highest BCUT2D eigenvalue weighted by Gasteiger charge is 2.10. The van der Waals surface area contributed by atoms with E-state index in [0.717, 1.165) is 21.3 Å². The van der Waals surface area contributed by atoms with Gasteiger partial charge in [0.25, 0.3) is 0 Å². The van der Waals surface area contributed by atoms with Gasteiger partial charge in [0.2, 0.25) is 0 Å². The summed E-state index contributed by atoms with van der Waals surface area (Å²) >= 11 is 3.40. The molecular weight excluding hydrogens is 288 g/mol. The SMILES string of the molecule is CC(C)Nc1nc2cc3nc(NC(C)C)sc3cc2s1. The third-order valence-electron chi connectivity index (χ3n) is 2.72. The minimum atomic E-state index is 0.400. The number of rotatable bonds is 4. The Hall–Kier alpha value is -1.40. The number of hydrogen-bond acceptors (Lipinski definition) is 6. The van der Waals surface area contributed by atoms with Crippen molar-refractivity contribution in [1.29, 1.82) is 0 Å². The monoisotopic (exact) mass is 306 g/mol. The van der Waals surface area contributed by atoms with E-state index in [2.05, 4.69) is 60.4 Å². The highest BCUT2D eigenvalue weighted by molar-refractivity contribution is 7.24. The number of hydrogen-bond donors (Lipinski definition) is 2. The number of aromatic nitrogens is 2. The Morgan fingerprint density at radius 1 is 0.800 bits per heavy atom. The fraction of sp³-hybridized carbons (Fsp3) is 0.429. The summed E-state index contributed by atoms with van der Waals surface area (Å²) in [5.41, 5.74) is 2.04. The van der Waals surface area contributed by atoms with Crippen LogP contribution >= 0.6 is 22.7 Å². The Balaban J connectivity index is 2.01. The maximum atomic E-state index is 4.62. The summed E-state index contributed by atoms with van der Waals surface area (Å²) in [5.74, 6) is 0. The molecule has 1 aromatic carbocycles. The van der Waals surface area contributed by atoms with Crippen molar-refractivity contribution in [2.75, 3.05) is 10.6 Å². The van der Waals surface area contributed by atoms with Crippen molar-refractivity contribution in [3.8, 4) is 0 Å². The van der Waals surface area contributed by atoms with Gasteiger partial charge in [-0.05, 0) is 39.8 Å². The largest absolute Gasteiger partial charge is 0.359 e.